The molecule has 0 spiro atoms. The summed E-state index contributed by atoms with van der Waals surface area (Å²) in [6.07, 6.45) is 0.619. The van der Waals surface area contributed by atoms with Gasteiger partial charge in [-0.1, -0.05) is 48.4 Å². The molecule has 1 N–H and O–H groups in total. The number of fused-ring (bicyclic) bond motifs is 2. The van der Waals surface area contributed by atoms with Crippen molar-refractivity contribution in [2.24, 2.45) is 0 Å². The van der Waals surface area contributed by atoms with Crippen molar-refractivity contribution >= 4 is 40.7 Å². The molecular formula is C29H28ClN3O4. The summed E-state index contributed by atoms with van der Waals surface area (Å²) in [4.78, 5) is 42.1. The van der Waals surface area contributed by atoms with Crippen molar-refractivity contribution in [1.29, 1.82) is 0 Å². The van der Waals surface area contributed by atoms with Crippen LogP contribution in [0.2, 0.25) is 5.02 Å². The minimum absolute atomic E-state index is 0.00977. The minimum Gasteiger partial charge on any atom is -0.478 e. The van der Waals surface area contributed by atoms with E-state index >= 15 is 0 Å². The molecule has 3 amide bonds. The molecule has 0 radical (unpaired) electrons. The SMILES string of the molecule is CC[C@H]1Oc2ccc(Cl)cc2N(CC(=O)NCc2ccc3c(c2)CCN3C(=O)c2cccc(C)c2)C1=O. The quantitative estimate of drug-likeness (QED) is 0.515. The van der Waals surface area contributed by atoms with Gasteiger partial charge in [0.25, 0.3) is 11.8 Å². The van der Waals surface area contributed by atoms with Gasteiger partial charge in [-0.2, -0.15) is 0 Å². The molecule has 3 aromatic carbocycles. The third-order valence-corrected chi connectivity index (χ3v) is 6.97. The lowest BCUT2D eigenvalue weighted by molar-refractivity contribution is -0.129. The van der Waals surface area contributed by atoms with Crippen molar-refractivity contribution in [2.45, 2.75) is 39.3 Å². The van der Waals surface area contributed by atoms with Crippen LogP contribution in [0.15, 0.2) is 60.7 Å². The van der Waals surface area contributed by atoms with Crippen molar-refractivity contribution in [1.82, 2.24) is 5.32 Å². The monoisotopic (exact) mass is 517 g/mol. The van der Waals surface area contributed by atoms with E-state index in [-0.39, 0.29) is 24.3 Å². The number of carbonyl (C=O) groups excluding carboxylic acids is 3. The van der Waals surface area contributed by atoms with Crippen LogP contribution in [0.4, 0.5) is 11.4 Å². The lowest BCUT2D eigenvalue weighted by Crippen LogP contribution is -2.49. The molecule has 5 rings (SSSR count). The van der Waals surface area contributed by atoms with Crippen LogP contribution in [0.1, 0.15) is 40.4 Å². The van der Waals surface area contributed by atoms with E-state index in [0.29, 0.717) is 41.5 Å². The standard InChI is InChI=1S/C29H28ClN3O4/c1-3-25-29(36)33(24-15-22(30)8-10-26(24)37-25)17-27(34)31-16-19-7-9-23-20(14-19)11-12-32(23)28(35)21-6-4-5-18(2)13-21/h4-10,13-15,25H,3,11-12,16-17H2,1-2H3,(H,31,34)/t25-/m1/s1. The molecule has 0 aliphatic carbocycles. The first-order valence-electron chi connectivity index (χ1n) is 12.4. The van der Waals surface area contributed by atoms with Gasteiger partial charge in [-0.05, 0) is 67.3 Å². The number of rotatable bonds is 6. The van der Waals surface area contributed by atoms with E-state index < -0.39 is 6.10 Å². The molecule has 8 heteroatoms. The molecule has 2 heterocycles. The van der Waals surface area contributed by atoms with Crippen molar-refractivity contribution in [2.75, 3.05) is 22.9 Å². The molecule has 2 aliphatic heterocycles. The Morgan fingerprint density at radius 1 is 1.08 bits per heavy atom. The van der Waals surface area contributed by atoms with Crippen LogP contribution in [-0.4, -0.2) is 36.9 Å². The van der Waals surface area contributed by atoms with E-state index in [4.69, 9.17) is 16.3 Å². The topological polar surface area (TPSA) is 79.0 Å². The third kappa shape index (κ3) is 5.04. The first-order chi connectivity index (χ1) is 17.8. The molecule has 190 valence electrons. The summed E-state index contributed by atoms with van der Waals surface area (Å²) in [6, 6.07) is 18.5. The fraction of sp³-hybridized carbons (Fsp3) is 0.276. The van der Waals surface area contributed by atoms with Crippen LogP contribution in [0.3, 0.4) is 0 Å². The highest BCUT2D eigenvalue weighted by molar-refractivity contribution is 6.31. The second-order valence-corrected chi connectivity index (χ2v) is 9.80. The normalized spacial score (nSPS) is 16.2. The summed E-state index contributed by atoms with van der Waals surface area (Å²) in [5, 5.41) is 3.38. The zero-order valence-corrected chi connectivity index (χ0v) is 21.5. The molecule has 2 aliphatic rings. The number of hydrogen-bond donors (Lipinski definition) is 1. The number of ether oxygens (including phenoxy) is 1. The maximum absolute atomic E-state index is 13.1. The molecule has 3 aromatic rings. The number of benzene rings is 3. The smallest absolute Gasteiger partial charge is 0.268 e. The number of amides is 3. The van der Waals surface area contributed by atoms with Gasteiger partial charge in [0, 0.05) is 29.4 Å². The maximum atomic E-state index is 13.1. The van der Waals surface area contributed by atoms with Gasteiger partial charge in [-0.3, -0.25) is 19.3 Å². The summed E-state index contributed by atoms with van der Waals surface area (Å²) >= 11 is 6.14. The highest BCUT2D eigenvalue weighted by Crippen LogP contribution is 2.36. The Labute approximate surface area is 221 Å². The van der Waals surface area contributed by atoms with Crippen LogP contribution in [0, 0.1) is 6.92 Å². The van der Waals surface area contributed by atoms with Gasteiger partial charge in [0.15, 0.2) is 6.10 Å². The third-order valence-electron chi connectivity index (χ3n) is 6.73. The number of halogens is 1. The molecule has 0 aromatic heterocycles. The van der Waals surface area contributed by atoms with Crippen LogP contribution < -0.4 is 19.9 Å². The molecule has 0 saturated carbocycles. The van der Waals surface area contributed by atoms with Gasteiger partial charge in [0.05, 0.1) is 5.69 Å². The minimum atomic E-state index is -0.636. The number of carbonyl (C=O) groups is 3. The molecule has 0 unspecified atom stereocenters. The predicted octanol–water partition coefficient (Wildman–Crippen LogP) is 4.67. The van der Waals surface area contributed by atoms with Gasteiger partial charge in [0.1, 0.15) is 12.3 Å². The van der Waals surface area contributed by atoms with Crippen LogP contribution in [0.25, 0.3) is 0 Å². The predicted molar refractivity (Wildman–Crippen MR) is 143 cm³/mol. The Kier molecular flexibility index (Phi) is 6.89. The molecule has 0 bridgehead atoms. The Morgan fingerprint density at radius 2 is 1.92 bits per heavy atom. The van der Waals surface area contributed by atoms with E-state index in [1.165, 1.54) is 4.90 Å². The number of nitrogens with zero attached hydrogens (tertiary/aromatic N) is 2. The lowest BCUT2D eigenvalue weighted by Gasteiger charge is -2.33. The zero-order chi connectivity index (χ0) is 26.1. The van der Waals surface area contributed by atoms with Gasteiger partial charge >= 0.3 is 0 Å². The number of anilines is 2. The number of hydrogen-bond acceptors (Lipinski definition) is 4. The summed E-state index contributed by atoms with van der Waals surface area (Å²) in [6.45, 7) is 4.65. The Morgan fingerprint density at radius 3 is 2.70 bits per heavy atom. The van der Waals surface area contributed by atoms with Crippen LogP contribution >= 0.6 is 11.6 Å². The maximum Gasteiger partial charge on any atom is 0.268 e. The Hall–Kier alpha value is -3.84. The summed E-state index contributed by atoms with van der Waals surface area (Å²) in [5.74, 6) is -0.0208. The van der Waals surface area contributed by atoms with E-state index in [9.17, 15) is 14.4 Å². The lowest BCUT2D eigenvalue weighted by atomic mass is 10.1. The Bertz CT molecular complexity index is 1390. The second-order valence-electron chi connectivity index (χ2n) is 9.37. The number of aryl methyl sites for hydroxylation is 1. The first-order valence-corrected chi connectivity index (χ1v) is 12.8. The highest BCUT2D eigenvalue weighted by Gasteiger charge is 2.34. The van der Waals surface area contributed by atoms with Gasteiger partial charge < -0.3 is 15.0 Å². The van der Waals surface area contributed by atoms with E-state index in [0.717, 1.165) is 28.8 Å². The highest BCUT2D eigenvalue weighted by atomic mass is 35.5. The van der Waals surface area contributed by atoms with Crippen LogP contribution in [-0.2, 0) is 22.6 Å². The first kappa shape index (κ1) is 24.8. The average molecular weight is 518 g/mol. The van der Waals surface area contributed by atoms with E-state index in [1.54, 1.807) is 18.2 Å². The fourth-order valence-corrected chi connectivity index (χ4v) is 4.99. The molecule has 7 nitrogen and oxygen atoms in total. The molecule has 0 fully saturated rings. The van der Waals surface area contributed by atoms with Gasteiger partial charge in [-0.15, -0.1) is 0 Å². The van der Waals surface area contributed by atoms with Crippen molar-refractivity contribution in [3.63, 3.8) is 0 Å². The van der Waals surface area contributed by atoms with Crippen molar-refractivity contribution in [3.8, 4) is 5.75 Å². The van der Waals surface area contributed by atoms with E-state index in [2.05, 4.69) is 5.32 Å². The zero-order valence-electron chi connectivity index (χ0n) is 20.8. The van der Waals surface area contributed by atoms with Crippen molar-refractivity contribution < 1.29 is 19.1 Å². The van der Waals surface area contributed by atoms with Crippen molar-refractivity contribution in [3.05, 3.63) is 87.9 Å². The van der Waals surface area contributed by atoms with Gasteiger partial charge in [0.2, 0.25) is 5.91 Å². The summed E-state index contributed by atoms with van der Waals surface area (Å²) in [7, 11) is 0. The van der Waals surface area contributed by atoms with Crippen LogP contribution in [0.5, 0.6) is 5.75 Å². The van der Waals surface area contributed by atoms with Gasteiger partial charge in [-0.25, -0.2) is 0 Å². The fourth-order valence-electron chi connectivity index (χ4n) is 4.83. The summed E-state index contributed by atoms with van der Waals surface area (Å²) in [5.41, 5.74) is 5.13. The Balaban J connectivity index is 1.25. The summed E-state index contributed by atoms with van der Waals surface area (Å²) < 4.78 is 5.78. The second kappa shape index (κ2) is 10.3. The average Bonchev–Trinajstić information content (AvgIpc) is 3.32. The number of nitrogens with one attached hydrogen (secondary N) is 1. The largest absolute Gasteiger partial charge is 0.478 e. The molecule has 0 saturated heterocycles. The molecular weight excluding hydrogens is 490 g/mol. The molecule has 37 heavy (non-hydrogen) atoms. The van der Waals surface area contributed by atoms with E-state index in [1.807, 2.05) is 61.2 Å². The molecule has 1 atom stereocenters.